The van der Waals surface area contributed by atoms with Crippen molar-refractivity contribution in [1.82, 2.24) is 0 Å². The van der Waals surface area contributed by atoms with Gasteiger partial charge in [0.15, 0.2) is 0 Å². The van der Waals surface area contributed by atoms with Crippen LogP contribution in [0, 0.1) is 24.2 Å². The molecule has 0 N–H and O–H groups in total. The maximum atomic E-state index is 5.10. The Morgan fingerprint density at radius 3 is 0.788 bits per heavy atom. The van der Waals surface area contributed by atoms with Crippen LogP contribution in [0.5, 0.6) is 0 Å². The fourth-order valence-electron chi connectivity index (χ4n) is 3.63. The topological polar surface area (TPSA) is 0 Å². The Morgan fingerprint density at radius 1 is 0.346 bits per heavy atom. The first kappa shape index (κ1) is 48.0. The second-order valence-corrected chi connectivity index (χ2v) is 9.26. The Kier molecular flexibility index (Phi) is 34.9. The first-order valence-corrected chi connectivity index (χ1v) is 18.4. The minimum Gasteiger partial charge on any atom is -0.115 e. The molecular weight excluding hydrogens is 625 g/mol. The van der Waals surface area contributed by atoms with Gasteiger partial charge in [-0.2, -0.15) is 0 Å². The van der Waals surface area contributed by atoms with Crippen LogP contribution in [0.2, 0.25) is 0 Å². The van der Waals surface area contributed by atoms with Crippen molar-refractivity contribution in [2.24, 2.45) is 0 Å². The van der Waals surface area contributed by atoms with Gasteiger partial charge >= 0.3 is 0 Å². The number of hydrogen-bond acceptors (Lipinski definition) is 0. The van der Waals surface area contributed by atoms with Crippen molar-refractivity contribution in [3.63, 3.8) is 0 Å². The summed E-state index contributed by atoms with van der Waals surface area (Å²) in [6.45, 7) is 19.6. The van der Waals surface area contributed by atoms with E-state index in [9.17, 15) is 0 Å². The van der Waals surface area contributed by atoms with Crippen molar-refractivity contribution in [3.05, 3.63) is 222 Å². The molecule has 0 radical (unpaired) electrons. The molecule has 6 aromatic rings. The molecule has 0 nitrogen and oxygen atoms in total. The highest BCUT2D eigenvalue weighted by atomic mass is 13.9. The van der Waals surface area contributed by atoms with Crippen LogP contribution in [0.4, 0.5) is 0 Å². The highest BCUT2D eigenvalue weighted by molar-refractivity contribution is 5.69. The van der Waals surface area contributed by atoms with E-state index in [4.69, 9.17) is 6.42 Å². The Hall–Kier alpha value is -6.08. The molecule has 268 valence electrons. The van der Waals surface area contributed by atoms with E-state index in [2.05, 4.69) is 60.8 Å². The molecule has 0 aliphatic rings. The fraction of sp³-hybridized carbons (Fsp3) is 0.154. The lowest BCUT2D eigenvalue weighted by Gasteiger charge is -1.92. The summed E-state index contributed by atoms with van der Waals surface area (Å²) in [4.78, 5) is 0. The van der Waals surface area contributed by atoms with Crippen molar-refractivity contribution in [3.8, 4) is 24.2 Å². The summed E-state index contributed by atoms with van der Waals surface area (Å²) in [5.41, 5.74) is 6.68. The van der Waals surface area contributed by atoms with Crippen molar-refractivity contribution < 1.29 is 0 Å². The fourth-order valence-corrected chi connectivity index (χ4v) is 3.63. The van der Waals surface area contributed by atoms with Crippen molar-refractivity contribution in [2.75, 3.05) is 0 Å². The Balaban J connectivity index is 0. The molecule has 0 heteroatoms. The van der Waals surface area contributed by atoms with Gasteiger partial charge in [0, 0.05) is 16.7 Å². The van der Waals surface area contributed by atoms with Crippen molar-refractivity contribution in [2.45, 2.75) is 55.4 Å². The SMILES string of the molecule is C#Cc1ccccc1.C(#Cc1ccccc1)c1ccccc1.C(=C\c1ccccc1)/c1ccccc1.C=Cc1ccccc1.CC.CC.CC.CC. The molecule has 0 spiro atoms. The number of rotatable bonds is 3. The summed E-state index contributed by atoms with van der Waals surface area (Å²) in [6.07, 6.45) is 11.2. The molecule has 6 aromatic carbocycles. The molecule has 0 atom stereocenters. The van der Waals surface area contributed by atoms with E-state index < -0.39 is 0 Å². The number of terminal acetylenes is 1. The van der Waals surface area contributed by atoms with Crippen LogP contribution < -0.4 is 0 Å². The molecule has 0 saturated carbocycles. The molecule has 0 aliphatic heterocycles. The van der Waals surface area contributed by atoms with Gasteiger partial charge in [0.05, 0.1) is 0 Å². The van der Waals surface area contributed by atoms with Crippen LogP contribution in [0.25, 0.3) is 18.2 Å². The van der Waals surface area contributed by atoms with Crippen LogP contribution in [0.1, 0.15) is 88.8 Å². The second-order valence-electron chi connectivity index (χ2n) is 9.26. The largest absolute Gasteiger partial charge is 0.115 e. The third-order valence-electron chi connectivity index (χ3n) is 5.94. The van der Waals surface area contributed by atoms with Gasteiger partial charge in [-0.3, -0.25) is 0 Å². The summed E-state index contributed by atoms with van der Waals surface area (Å²) >= 11 is 0. The van der Waals surface area contributed by atoms with Crippen molar-refractivity contribution in [1.29, 1.82) is 0 Å². The van der Waals surface area contributed by atoms with Crippen LogP contribution in [0.15, 0.2) is 189 Å². The van der Waals surface area contributed by atoms with Gasteiger partial charge in [-0.05, 0) is 53.1 Å². The monoisotopic (exact) mass is 684 g/mol. The van der Waals surface area contributed by atoms with Gasteiger partial charge in [-0.15, -0.1) is 6.42 Å². The van der Waals surface area contributed by atoms with Crippen LogP contribution in [-0.2, 0) is 0 Å². The van der Waals surface area contributed by atoms with E-state index >= 15 is 0 Å². The first-order chi connectivity index (χ1) is 25.8. The summed E-state index contributed by atoms with van der Waals surface area (Å²) in [5.74, 6) is 8.75. The molecule has 0 fully saturated rings. The smallest absolute Gasteiger partial charge is 0.0249 e. The third-order valence-corrected chi connectivity index (χ3v) is 5.94. The zero-order valence-corrected chi connectivity index (χ0v) is 32.8. The molecule has 0 bridgehead atoms. The Morgan fingerprint density at radius 2 is 0.577 bits per heavy atom. The molecule has 52 heavy (non-hydrogen) atoms. The lowest BCUT2D eigenvalue weighted by molar-refractivity contribution is 1.50. The Bertz CT molecular complexity index is 1630. The summed E-state index contributed by atoms with van der Waals surface area (Å²) in [7, 11) is 0. The highest BCUT2D eigenvalue weighted by Crippen LogP contribution is 2.07. The molecule has 0 aliphatic carbocycles. The summed E-state index contributed by atoms with van der Waals surface area (Å²) in [5, 5.41) is 0. The number of benzene rings is 6. The minimum absolute atomic E-state index is 0.938. The van der Waals surface area contributed by atoms with E-state index in [0.717, 1.165) is 16.7 Å². The lowest BCUT2D eigenvalue weighted by atomic mass is 10.1. The van der Waals surface area contributed by atoms with Crippen LogP contribution >= 0.6 is 0 Å². The predicted molar refractivity (Wildman–Crippen MR) is 237 cm³/mol. The lowest BCUT2D eigenvalue weighted by Crippen LogP contribution is -1.73. The maximum absolute atomic E-state index is 5.10. The van der Waals surface area contributed by atoms with Gasteiger partial charge in [-0.1, -0.05) is 244 Å². The number of hydrogen-bond donors (Lipinski definition) is 0. The Labute approximate surface area is 318 Å². The second kappa shape index (κ2) is 37.7. The maximum Gasteiger partial charge on any atom is 0.0249 e. The van der Waals surface area contributed by atoms with E-state index in [0.29, 0.717) is 0 Å². The van der Waals surface area contributed by atoms with Crippen LogP contribution in [0.3, 0.4) is 0 Å². The molecular formula is C52H60. The quantitative estimate of drug-likeness (QED) is 0.129. The summed E-state index contributed by atoms with van der Waals surface area (Å²) in [6, 6.07) is 60.3. The van der Waals surface area contributed by atoms with Crippen molar-refractivity contribution >= 4 is 18.2 Å². The normalized spacial score (nSPS) is 8.21. The molecule has 0 saturated heterocycles. The van der Waals surface area contributed by atoms with E-state index in [-0.39, 0.29) is 0 Å². The van der Waals surface area contributed by atoms with Gasteiger partial charge in [0.1, 0.15) is 0 Å². The average Bonchev–Trinajstić information content (AvgIpc) is 3.28. The first-order valence-electron chi connectivity index (χ1n) is 18.4. The van der Waals surface area contributed by atoms with E-state index in [1.165, 1.54) is 16.7 Å². The molecule has 0 heterocycles. The minimum atomic E-state index is 0.938. The zero-order chi connectivity index (χ0) is 38.9. The standard InChI is InChI=1S/C14H12.C14H10.C8H8.C8H6.4C2H6/c2*1-3-7-13(8-4-1)11-12-14-9-5-2-6-10-14;2*1-2-8-6-4-3-5-7-8;4*1-2/h1-12H;1-10H;2-7H,1H2;1,3-7H;4*1-2H3/b12-11+;;;;;;;. The van der Waals surface area contributed by atoms with Gasteiger partial charge in [-0.25, -0.2) is 0 Å². The average molecular weight is 685 g/mol. The highest BCUT2D eigenvalue weighted by Gasteiger charge is 1.85. The molecule has 0 unspecified atom stereocenters. The molecule has 0 aromatic heterocycles. The van der Waals surface area contributed by atoms with E-state index in [1.54, 1.807) is 0 Å². The van der Waals surface area contributed by atoms with Crippen LogP contribution in [-0.4, -0.2) is 0 Å². The molecule has 6 rings (SSSR count). The predicted octanol–water partition coefficient (Wildman–Crippen LogP) is 15.0. The summed E-state index contributed by atoms with van der Waals surface area (Å²) < 4.78 is 0. The zero-order valence-electron chi connectivity index (χ0n) is 32.8. The van der Waals surface area contributed by atoms with Gasteiger partial charge in [0.25, 0.3) is 0 Å². The van der Waals surface area contributed by atoms with Gasteiger partial charge < -0.3 is 0 Å². The third kappa shape index (κ3) is 25.9. The van der Waals surface area contributed by atoms with Gasteiger partial charge in [0.2, 0.25) is 0 Å². The molecule has 0 amide bonds. The van der Waals surface area contributed by atoms with E-state index in [1.807, 2.05) is 219 Å².